The largest absolute Gasteiger partial charge is 0.474 e. The third kappa shape index (κ3) is 6.48. The predicted molar refractivity (Wildman–Crippen MR) is 51.2 cm³/mol. The molecule has 0 rings (SSSR count). The van der Waals surface area contributed by atoms with Crippen molar-refractivity contribution in [2.24, 2.45) is 0 Å². The molecular formula is C7H18NO5P. The second-order valence-corrected chi connectivity index (χ2v) is 4.05. The SMILES string of the molecule is CCOP(=O)(OCC)OCCCNO. The fraction of sp³-hybridized carbons (Fsp3) is 1.00. The molecule has 14 heavy (non-hydrogen) atoms. The molecule has 0 amide bonds. The van der Waals surface area contributed by atoms with E-state index >= 15 is 0 Å². The summed E-state index contributed by atoms with van der Waals surface area (Å²) in [6.07, 6.45) is 0.528. The van der Waals surface area contributed by atoms with Gasteiger partial charge in [0.05, 0.1) is 19.8 Å². The molecule has 6 nitrogen and oxygen atoms in total. The summed E-state index contributed by atoms with van der Waals surface area (Å²) in [6, 6.07) is 0. The van der Waals surface area contributed by atoms with Crippen molar-refractivity contribution in [3.63, 3.8) is 0 Å². The third-order valence-corrected chi connectivity index (χ3v) is 2.90. The van der Waals surface area contributed by atoms with Gasteiger partial charge in [0.2, 0.25) is 0 Å². The van der Waals surface area contributed by atoms with Crippen LogP contribution in [0.5, 0.6) is 0 Å². The topological polar surface area (TPSA) is 77.0 Å². The van der Waals surface area contributed by atoms with Crippen LogP contribution < -0.4 is 5.48 Å². The van der Waals surface area contributed by atoms with Crippen molar-refractivity contribution in [3.8, 4) is 0 Å². The monoisotopic (exact) mass is 227 g/mol. The Labute approximate surface area is 84.1 Å². The van der Waals surface area contributed by atoms with Crippen molar-refractivity contribution in [1.29, 1.82) is 0 Å². The lowest BCUT2D eigenvalue weighted by atomic mass is 10.5. The van der Waals surface area contributed by atoms with Gasteiger partial charge in [-0.1, -0.05) is 0 Å². The Kier molecular flexibility index (Phi) is 8.37. The summed E-state index contributed by atoms with van der Waals surface area (Å²) >= 11 is 0. The van der Waals surface area contributed by atoms with Gasteiger partial charge in [0, 0.05) is 6.54 Å². The molecule has 0 radical (unpaired) electrons. The van der Waals surface area contributed by atoms with E-state index in [0.29, 0.717) is 13.0 Å². The molecule has 7 heteroatoms. The number of rotatable bonds is 9. The van der Waals surface area contributed by atoms with Crippen molar-refractivity contribution in [2.45, 2.75) is 20.3 Å². The normalized spacial score (nSPS) is 11.9. The molecule has 0 spiro atoms. The average molecular weight is 227 g/mol. The van der Waals surface area contributed by atoms with E-state index < -0.39 is 7.82 Å². The lowest BCUT2D eigenvalue weighted by Gasteiger charge is -2.15. The summed E-state index contributed by atoms with van der Waals surface area (Å²) in [4.78, 5) is 0. The minimum atomic E-state index is -3.37. The van der Waals surface area contributed by atoms with Gasteiger partial charge in [0.25, 0.3) is 0 Å². The van der Waals surface area contributed by atoms with Gasteiger partial charge in [-0.2, -0.15) is 0 Å². The van der Waals surface area contributed by atoms with Crippen LogP contribution in [0.3, 0.4) is 0 Å². The first kappa shape index (κ1) is 14.0. The minimum absolute atomic E-state index is 0.213. The molecular weight excluding hydrogens is 209 g/mol. The average Bonchev–Trinajstić information content (AvgIpc) is 2.13. The van der Waals surface area contributed by atoms with E-state index in [9.17, 15) is 4.57 Å². The van der Waals surface area contributed by atoms with Gasteiger partial charge in [-0.25, -0.2) is 10.0 Å². The van der Waals surface area contributed by atoms with Gasteiger partial charge in [0.15, 0.2) is 0 Å². The quantitative estimate of drug-likeness (QED) is 0.353. The zero-order chi connectivity index (χ0) is 10.9. The fourth-order valence-corrected chi connectivity index (χ4v) is 1.96. The number of phosphoric ester groups is 1. The van der Waals surface area contributed by atoms with Crippen LogP contribution >= 0.6 is 7.82 Å². The molecule has 2 N–H and O–H groups in total. The van der Waals surface area contributed by atoms with Crippen LogP contribution in [0, 0.1) is 0 Å². The van der Waals surface area contributed by atoms with Crippen molar-refractivity contribution in [1.82, 2.24) is 5.48 Å². The molecule has 0 aromatic heterocycles. The first-order valence-electron chi connectivity index (χ1n) is 4.59. The highest BCUT2D eigenvalue weighted by Gasteiger charge is 2.24. The van der Waals surface area contributed by atoms with Gasteiger partial charge in [0.1, 0.15) is 0 Å². The maximum Gasteiger partial charge on any atom is 0.474 e. The molecule has 0 aromatic rings. The van der Waals surface area contributed by atoms with Crippen LogP contribution in [-0.2, 0) is 18.1 Å². The predicted octanol–water partition coefficient (Wildman–Crippen LogP) is 1.55. The summed E-state index contributed by atoms with van der Waals surface area (Å²) in [7, 11) is -3.37. The molecule has 0 fully saturated rings. The van der Waals surface area contributed by atoms with E-state index in [-0.39, 0.29) is 19.8 Å². The first-order valence-corrected chi connectivity index (χ1v) is 6.05. The van der Waals surface area contributed by atoms with Crippen LogP contribution in [0.2, 0.25) is 0 Å². The van der Waals surface area contributed by atoms with Crippen LogP contribution in [0.1, 0.15) is 20.3 Å². The maximum atomic E-state index is 11.6. The Hall–Kier alpha value is 0.0300. The number of phosphoric acid groups is 1. The highest BCUT2D eigenvalue weighted by Crippen LogP contribution is 2.49. The molecule has 86 valence electrons. The highest BCUT2D eigenvalue weighted by molar-refractivity contribution is 7.48. The molecule has 0 saturated carbocycles. The van der Waals surface area contributed by atoms with Crippen molar-refractivity contribution >= 4 is 7.82 Å². The van der Waals surface area contributed by atoms with Crippen LogP contribution in [0.15, 0.2) is 0 Å². The highest BCUT2D eigenvalue weighted by atomic mass is 31.2. The van der Waals surface area contributed by atoms with Gasteiger partial charge >= 0.3 is 7.82 Å². The van der Waals surface area contributed by atoms with E-state index in [1.807, 2.05) is 5.48 Å². The second-order valence-electron chi connectivity index (χ2n) is 2.38. The summed E-state index contributed by atoms with van der Waals surface area (Å²) in [6.45, 7) is 4.56. The molecule has 0 atom stereocenters. The van der Waals surface area contributed by atoms with Crippen LogP contribution in [-0.4, -0.2) is 31.6 Å². The van der Waals surface area contributed by atoms with Crippen molar-refractivity contribution in [3.05, 3.63) is 0 Å². The van der Waals surface area contributed by atoms with Crippen molar-refractivity contribution in [2.75, 3.05) is 26.4 Å². The zero-order valence-electron chi connectivity index (χ0n) is 8.56. The van der Waals surface area contributed by atoms with Gasteiger partial charge < -0.3 is 5.21 Å². The Morgan fingerprint density at radius 3 is 2.21 bits per heavy atom. The number of hydroxylamine groups is 1. The van der Waals surface area contributed by atoms with E-state index in [2.05, 4.69) is 0 Å². The second kappa shape index (κ2) is 8.35. The molecule has 0 aliphatic rings. The minimum Gasteiger partial charge on any atom is -0.317 e. The van der Waals surface area contributed by atoms with E-state index in [4.69, 9.17) is 18.8 Å². The van der Waals surface area contributed by atoms with E-state index in [1.54, 1.807) is 13.8 Å². The summed E-state index contributed by atoms with van der Waals surface area (Å²) in [5.74, 6) is 0. The fourth-order valence-electron chi connectivity index (χ4n) is 0.756. The molecule has 0 saturated heterocycles. The van der Waals surface area contributed by atoms with E-state index in [1.165, 1.54) is 0 Å². The molecule has 0 heterocycles. The summed E-state index contributed by atoms with van der Waals surface area (Å²) in [5, 5.41) is 8.27. The Bertz CT molecular complexity index is 167. The molecule has 0 bridgehead atoms. The van der Waals surface area contributed by atoms with E-state index in [0.717, 1.165) is 0 Å². The Morgan fingerprint density at radius 1 is 1.21 bits per heavy atom. The van der Waals surface area contributed by atoms with Crippen LogP contribution in [0.4, 0.5) is 0 Å². The molecule has 0 aliphatic heterocycles. The lowest BCUT2D eigenvalue weighted by molar-refractivity contribution is 0.112. The van der Waals surface area contributed by atoms with Gasteiger partial charge in [-0.05, 0) is 20.3 Å². The summed E-state index contributed by atoms with van der Waals surface area (Å²) in [5.41, 5.74) is 1.97. The standard InChI is InChI=1S/C7H18NO5P/c1-3-11-14(10,12-4-2)13-7-5-6-8-9/h8-9H,3-7H2,1-2H3. The third-order valence-electron chi connectivity index (χ3n) is 1.26. The first-order chi connectivity index (χ1) is 6.68. The zero-order valence-corrected chi connectivity index (χ0v) is 9.46. The summed E-state index contributed by atoms with van der Waals surface area (Å²) < 4.78 is 26.4. The lowest BCUT2D eigenvalue weighted by Crippen LogP contribution is -2.11. The maximum absolute atomic E-state index is 11.6. The smallest absolute Gasteiger partial charge is 0.317 e. The Morgan fingerprint density at radius 2 is 1.79 bits per heavy atom. The number of hydrogen-bond acceptors (Lipinski definition) is 6. The van der Waals surface area contributed by atoms with Crippen molar-refractivity contribution < 1.29 is 23.3 Å². The Balaban J connectivity index is 3.78. The number of hydrogen-bond donors (Lipinski definition) is 2. The van der Waals surface area contributed by atoms with Gasteiger partial charge in [-0.3, -0.25) is 13.6 Å². The molecule has 0 unspecified atom stereocenters. The number of nitrogens with one attached hydrogen (secondary N) is 1. The molecule has 0 aliphatic carbocycles. The van der Waals surface area contributed by atoms with Crippen LogP contribution in [0.25, 0.3) is 0 Å². The van der Waals surface area contributed by atoms with Gasteiger partial charge in [-0.15, -0.1) is 0 Å². The molecule has 0 aromatic carbocycles.